The first-order valence-electron chi connectivity index (χ1n) is 8.41. The maximum absolute atomic E-state index is 13.4. The molecular formula is C18H25FN2O4. The van der Waals surface area contributed by atoms with Crippen molar-refractivity contribution < 1.29 is 23.5 Å². The first-order valence-corrected chi connectivity index (χ1v) is 8.41. The minimum Gasteiger partial charge on any atom is -0.453 e. The quantitative estimate of drug-likeness (QED) is 0.884. The zero-order chi connectivity index (χ0) is 18.4. The number of halogens is 1. The van der Waals surface area contributed by atoms with E-state index in [9.17, 15) is 14.0 Å². The second kappa shape index (κ2) is 8.80. The first-order chi connectivity index (χ1) is 11.9. The standard InChI is InChI=1S/C18H25FN2O4/c1-12(2)9-15(20-18(23)24-3)17(22)21-7-8-25-16(11-21)13-5-4-6-14(19)10-13/h4-6,10,12,15-16H,7-9,11H2,1-3H3,(H,20,23). The molecule has 0 radical (unpaired) electrons. The number of ether oxygens (including phenoxy) is 2. The summed E-state index contributed by atoms with van der Waals surface area (Å²) in [5.74, 6) is -0.287. The molecular weight excluding hydrogens is 327 g/mol. The van der Waals surface area contributed by atoms with Crippen molar-refractivity contribution in [2.45, 2.75) is 32.4 Å². The molecule has 2 rings (SSSR count). The molecule has 1 aliphatic rings. The largest absolute Gasteiger partial charge is 0.453 e. The molecule has 1 saturated heterocycles. The Morgan fingerprint density at radius 2 is 2.20 bits per heavy atom. The van der Waals surface area contributed by atoms with E-state index in [1.807, 2.05) is 13.8 Å². The lowest BCUT2D eigenvalue weighted by atomic mass is 10.0. The van der Waals surface area contributed by atoms with Gasteiger partial charge in [-0.25, -0.2) is 9.18 Å². The summed E-state index contributed by atoms with van der Waals surface area (Å²) in [4.78, 5) is 26.1. The SMILES string of the molecule is COC(=O)NC(CC(C)C)C(=O)N1CCOC(c2cccc(F)c2)C1. The van der Waals surface area contributed by atoms with E-state index >= 15 is 0 Å². The molecule has 1 heterocycles. The molecule has 0 aromatic heterocycles. The normalized spacial score (nSPS) is 18.8. The Morgan fingerprint density at radius 3 is 2.84 bits per heavy atom. The van der Waals surface area contributed by atoms with Crippen LogP contribution in [0.25, 0.3) is 0 Å². The highest BCUT2D eigenvalue weighted by molar-refractivity contribution is 5.85. The summed E-state index contributed by atoms with van der Waals surface area (Å²) >= 11 is 0. The Hall–Kier alpha value is -2.15. The maximum atomic E-state index is 13.4. The van der Waals surface area contributed by atoms with Gasteiger partial charge in [0, 0.05) is 6.54 Å². The molecule has 0 spiro atoms. The van der Waals surface area contributed by atoms with Gasteiger partial charge in [-0.15, -0.1) is 0 Å². The van der Waals surface area contributed by atoms with Gasteiger partial charge in [0.05, 0.1) is 20.3 Å². The third-order valence-corrected chi connectivity index (χ3v) is 4.08. The highest BCUT2D eigenvalue weighted by atomic mass is 19.1. The van der Waals surface area contributed by atoms with E-state index in [4.69, 9.17) is 4.74 Å². The van der Waals surface area contributed by atoms with Gasteiger partial charge in [0.15, 0.2) is 0 Å². The second-order valence-corrected chi connectivity index (χ2v) is 6.52. The number of benzene rings is 1. The summed E-state index contributed by atoms with van der Waals surface area (Å²) in [7, 11) is 1.26. The van der Waals surface area contributed by atoms with Crippen molar-refractivity contribution in [2.24, 2.45) is 5.92 Å². The molecule has 1 N–H and O–H groups in total. The molecule has 1 fully saturated rings. The van der Waals surface area contributed by atoms with Crippen LogP contribution in [0.15, 0.2) is 24.3 Å². The van der Waals surface area contributed by atoms with Gasteiger partial charge in [0.1, 0.15) is 18.0 Å². The van der Waals surface area contributed by atoms with Crippen LogP contribution in [0.5, 0.6) is 0 Å². The molecule has 0 bridgehead atoms. The van der Waals surface area contributed by atoms with Gasteiger partial charge < -0.3 is 19.7 Å². The number of methoxy groups -OCH3 is 1. The molecule has 138 valence electrons. The van der Waals surface area contributed by atoms with Crippen LogP contribution in [0.1, 0.15) is 31.9 Å². The molecule has 0 saturated carbocycles. The minimum atomic E-state index is -0.654. The number of alkyl carbamates (subject to hydrolysis) is 1. The summed E-state index contributed by atoms with van der Waals surface area (Å²) in [6.45, 7) is 5.07. The van der Waals surface area contributed by atoms with E-state index in [1.165, 1.54) is 19.2 Å². The Labute approximate surface area is 147 Å². The average Bonchev–Trinajstić information content (AvgIpc) is 2.60. The fraction of sp³-hybridized carbons (Fsp3) is 0.556. The number of hydrogen-bond acceptors (Lipinski definition) is 4. The fourth-order valence-corrected chi connectivity index (χ4v) is 2.87. The van der Waals surface area contributed by atoms with Crippen molar-refractivity contribution in [1.29, 1.82) is 0 Å². The number of morpholine rings is 1. The number of rotatable bonds is 5. The Kier molecular flexibility index (Phi) is 6.75. The molecule has 1 aliphatic heterocycles. The summed E-state index contributed by atoms with van der Waals surface area (Å²) < 4.78 is 23.7. The molecule has 1 aromatic rings. The number of nitrogens with one attached hydrogen (secondary N) is 1. The lowest BCUT2D eigenvalue weighted by Gasteiger charge is -2.35. The van der Waals surface area contributed by atoms with Crippen LogP contribution in [0.2, 0.25) is 0 Å². The predicted molar refractivity (Wildman–Crippen MR) is 90.5 cm³/mol. The van der Waals surface area contributed by atoms with Crippen molar-refractivity contribution in [2.75, 3.05) is 26.8 Å². The van der Waals surface area contributed by atoms with Crippen molar-refractivity contribution in [3.8, 4) is 0 Å². The molecule has 2 atom stereocenters. The topological polar surface area (TPSA) is 67.9 Å². The van der Waals surface area contributed by atoms with Crippen LogP contribution < -0.4 is 5.32 Å². The number of amides is 2. The van der Waals surface area contributed by atoms with Crippen molar-refractivity contribution in [1.82, 2.24) is 10.2 Å². The van der Waals surface area contributed by atoms with E-state index in [0.717, 1.165) is 0 Å². The van der Waals surface area contributed by atoms with Crippen LogP contribution in [-0.4, -0.2) is 49.7 Å². The average molecular weight is 352 g/mol. The number of carbonyl (C=O) groups is 2. The minimum absolute atomic E-state index is 0.177. The molecule has 2 amide bonds. The molecule has 0 aliphatic carbocycles. The van der Waals surface area contributed by atoms with E-state index in [2.05, 4.69) is 10.1 Å². The van der Waals surface area contributed by atoms with Gasteiger partial charge in [-0.2, -0.15) is 0 Å². The Balaban J connectivity index is 2.08. The third-order valence-electron chi connectivity index (χ3n) is 4.08. The van der Waals surface area contributed by atoms with Crippen molar-refractivity contribution in [3.63, 3.8) is 0 Å². The first kappa shape index (κ1) is 19.2. The third kappa shape index (κ3) is 5.42. The van der Waals surface area contributed by atoms with Crippen molar-refractivity contribution in [3.05, 3.63) is 35.6 Å². The molecule has 25 heavy (non-hydrogen) atoms. The lowest BCUT2D eigenvalue weighted by molar-refractivity contribution is -0.141. The van der Waals surface area contributed by atoms with Gasteiger partial charge in [-0.1, -0.05) is 26.0 Å². The van der Waals surface area contributed by atoms with Crippen molar-refractivity contribution >= 4 is 12.0 Å². The van der Waals surface area contributed by atoms with Crippen LogP contribution in [-0.2, 0) is 14.3 Å². The van der Waals surface area contributed by atoms with Gasteiger partial charge in [0.2, 0.25) is 5.91 Å². The fourth-order valence-electron chi connectivity index (χ4n) is 2.87. The van der Waals surface area contributed by atoms with Gasteiger partial charge in [-0.3, -0.25) is 4.79 Å². The smallest absolute Gasteiger partial charge is 0.407 e. The van der Waals surface area contributed by atoms with E-state index < -0.39 is 12.1 Å². The van der Waals surface area contributed by atoms with Gasteiger partial charge in [0.25, 0.3) is 0 Å². The number of nitrogens with zero attached hydrogens (tertiary/aromatic N) is 1. The van der Waals surface area contributed by atoms with Gasteiger partial charge in [-0.05, 0) is 30.0 Å². The van der Waals surface area contributed by atoms with Gasteiger partial charge >= 0.3 is 6.09 Å². The van der Waals surface area contributed by atoms with Crippen LogP contribution in [0.3, 0.4) is 0 Å². The lowest BCUT2D eigenvalue weighted by Crippen LogP contribution is -2.52. The van der Waals surface area contributed by atoms with E-state index in [-0.39, 0.29) is 23.7 Å². The molecule has 1 aromatic carbocycles. The van der Waals surface area contributed by atoms with E-state index in [0.29, 0.717) is 31.7 Å². The zero-order valence-electron chi connectivity index (χ0n) is 14.8. The monoisotopic (exact) mass is 352 g/mol. The summed E-state index contributed by atoms with van der Waals surface area (Å²) in [5.41, 5.74) is 0.693. The van der Waals surface area contributed by atoms with Crippen LogP contribution in [0, 0.1) is 11.7 Å². The number of carbonyl (C=O) groups excluding carboxylic acids is 2. The van der Waals surface area contributed by atoms with Crippen LogP contribution in [0.4, 0.5) is 9.18 Å². The predicted octanol–water partition coefficient (Wildman–Crippen LogP) is 2.50. The summed E-state index contributed by atoms with van der Waals surface area (Å²) in [6, 6.07) is 5.53. The molecule has 6 nitrogen and oxygen atoms in total. The molecule has 2 unspecified atom stereocenters. The maximum Gasteiger partial charge on any atom is 0.407 e. The zero-order valence-corrected chi connectivity index (χ0v) is 14.8. The number of hydrogen-bond donors (Lipinski definition) is 1. The summed E-state index contributed by atoms with van der Waals surface area (Å²) in [5, 5.41) is 2.61. The Bertz CT molecular complexity index is 608. The second-order valence-electron chi connectivity index (χ2n) is 6.52. The highest BCUT2D eigenvalue weighted by Crippen LogP contribution is 2.23. The van der Waals surface area contributed by atoms with E-state index in [1.54, 1.807) is 17.0 Å². The van der Waals surface area contributed by atoms with Crippen LogP contribution >= 0.6 is 0 Å². The summed E-state index contributed by atoms with van der Waals surface area (Å²) in [6.07, 6.45) is -0.504. The Morgan fingerprint density at radius 1 is 1.44 bits per heavy atom. The molecule has 7 heteroatoms. The highest BCUT2D eigenvalue weighted by Gasteiger charge is 2.31.